The minimum atomic E-state index is 0.0725. The van der Waals surface area contributed by atoms with Crippen molar-refractivity contribution in [1.29, 1.82) is 0 Å². The maximum absolute atomic E-state index is 5.43. The van der Waals surface area contributed by atoms with E-state index in [1.165, 1.54) is 4.88 Å². The molecule has 0 aliphatic rings. The van der Waals surface area contributed by atoms with Crippen LogP contribution in [0.1, 0.15) is 49.0 Å². The van der Waals surface area contributed by atoms with Crippen LogP contribution in [0.4, 0.5) is 0 Å². The second-order valence-electron chi connectivity index (χ2n) is 4.02. The van der Waals surface area contributed by atoms with E-state index >= 15 is 0 Å². The van der Waals surface area contributed by atoms with Gasteiger partial charge in [-0.3, -0.25) is 5.32 Å². The summed E-state index contributed by atoms with van der Waals surface area (Å²) in [6.45, 7) is 6.02. The number of aryl methyl sites for hydroxylation is 1. The average Bonchev–Trinajstić information content (AvgIpc) is 2.96. The first-order valence-electron chi connectivity index (χ1n) is 5.80. The molecule has 0 saturated carbocycles. The quantitative estimate of drug-likeness (QED) is 0.886. The summed E-state index contributed by atoms with van der Waals surface area (Å²) in [5, 5.41) is 13.5. The highest BCUT2D eigenvalue weighted by atomic mass is 32.1. The highest BCUT2D eigenvalue weighted by molar-refractivity contribution is 7.10. The molecule has 0 unspecified atom stereocenters. The summed E-state index contributed by atoms with van der Waals surface area (Å²) in [5.74, 6) is 1.26. The molecule has 0 aliphatic carbocycles. The Kier molecular flexibility index (Phi) is 3.91. The van der Waals surface area contributed by atoms with Gasteiger partial charge in [-0.1, -0.05) is 13.0 Å². The lowest BCUT2D eigenvalue weighted by Crippen LogP contribution is -2.23. The summed E-state index contributed by atoms with van der Waals surface area (Å²) >= 11 is 1.77. The van der Waals surface area contributed by atoms with Gasteiger partial charge >= 0.3 is 0 Å². The molecule has 17 heavy (non-hydrogen) atoms. The molecule has 0 aromatic carbocycles. The Hall–Kier alpha value is -1.20. The van der Waals surface area contributed by atoms with Crippen LogP contribution in [-0.2, 0) is 0 Å². The molecule has 0 bridgehead atoms. The summed E-state index contributed by atoms with van der Waals surface area (Å²) in [6, 6.07) is 4.64. The van der Waals surface area contributed by atoms with E-state index < -0.39 is 0 Å². The Bertz CT molecular complexity index is 452. The molecule has 0 amide bonds. The van der Waals surface area contributed by atoms with Gasteiger partial charge in [0.2, 0.25) is 11.8 Å². The zero-order valence-electron chi connectivity index (χ0n) is 10.3. The van der Waals surface area contributed by atoms with Crippen molar-refractivity contribution in [1.82, 2.24) is 15.5 Å². The molecular formula is C12H17N3OS. The van der Waals surface area contributed by atoms with E-state index in [0.717, 1.165) is 6.42 Å². The molecule has 0 aliphatic heterocycles. The molecular weight excluding hydrogens is 234 g/mol. The van der Waals surface area contributed by atoms with Gasteiger partial charge in [0.1, 0.15) is 0 Å². The van der Waals surface area contributed by atoms with Gasteiger partial charge in [0, 0.05) is 17.8 Å². The summed E-state index contributed by atoms with van der Waals surface area (Å²) < 4.78 is 5.43. The summed E-state index contributed by atoms with van der Waals surface area (Å²) in [6.07, 6.45) is 1.04. The first-order chi connectivity index (χ1) is 8.20. The molecule has 2 atom stereocenters. The predicted molar refractivity (Wildman–Crippen MR) is 67.9 cm³/mol. The van der Waals surface area contributed by atoms with Crippen LogP contribution in [-0.4, -0.2) is 10.2 Å². The monoisotopic (exact) mass is 251 g/mol. The molecule has 0 fully saturated rings. The number of hydrogen-bond acceptors (Lipinski definition) is 5. The fraction of sp³-hybridized carbons (Fsp3) is 0.500. The number of rotatable bonds is 5. The Labute approximate surface area is 105 Å². The Morgan fingerprint density at radius 2 is 2.29 bits per heavy atom. The number of nitrogens with zero attached hydrogens (tertiary/aromatic N) is 2. The second kappa shape index (κ2) is 5.42. The third-order valence-corrected chi connectivity index (χ3v) is 3.64. The van der Waals surface area contributed by atoms with Gasteiger partial charge in [-0.05, 0) is 24.8 Å². The van der Waals surface area contributed by atoms with Crippen LogP contribution in [0.5, 0.6) is 0 Å². The molecule has 0 radical (unpaired) electrons. The van der Waals surface area contributed by atoms with Crippen LogP contribution in [0.25, 0.3) is 0 Å². The third-order valence-electron chi connectivity index (χ3n) is 2.66. The van der Waals surface area contributed by atoms with Crippen molar-refractivity contribution >= 4 is 11.3 Å². The summed E-state index contributed by atoms with van der Waals surface area (Å²) in [4.78, 5) is 1.34. The fourth-order valence-electron chi connectivity index (χ4n) is 1.75. The molecule has 2 rings (SSSR count). The van der Waals surface area contributed by atoms with Crippen molar-refractivity contribution < 1.29 is 4.42 Å². The standard InChI is InChI=1S/C12H17N3OS/c1-4-10(11-6-5-7-17-11)13-8(2)12-15-14-9(3)16-12/h5-8,10,13H,4H2,1-3H3/t8-,10-/m1/s1. The van der Waals surface area contributed by atoms with E-state index in [1.807, 2.05) is 6.92 Å². The number of hydrogen-bond donors (Lipinski definition) is 1. The van der Waals surface area contributed by atoms with Crippen LogP contribution in [0.3, 0.4) is 0 Å². The lowest BCUT2D eigenvalue weighted by Gasteiger charge is -2.18. The van der Waals surface area contributed by atoms with Crippen LogP contribution in [0, 0.1) is 6.92 Å². The molecule has 1 N–H and O–H groups in total. The third kappa shape index (κ3) is 2.92. The van der Waals surface area contributed by atoms with Gasteiger partial charge in [-0.2, -0.15) is 0 Å². The highest BCUT2D eigenvalue weighted by Crippen LogP contribution is 2.24. The van der Waals surface area contributed by atoms with Crippen LogP contribution in [0.2, 0.25) is 0 Å². The summed E-state index contributed by atoms with van der Waals surface area (Å²) in [5.41, 5.74) is 0. The highest BCUT2D eigenvalue weighted by Gasteiger charge is 2.18. The molecule has 0 spiro atoms. The van der Waals surface area contributed by atoms with Gasteiger partial charge in [0.15, 0.2) is 0 Å². The molecule has 2 aromatic rings. The maximum atomic E-state index is 5.43. The van der Waals surface area contributed by atoms with Crippen LogP contribution in [0.15, 0.2) is 21.9 Å². The van der Waals surface area contributed by atoms with Crippen LogP contribution >= 0.6 is 11.3 Å². The predicted octanol–water partition coefficient (Wildman–Crippen LogP) is 3.24. The van der Waals surface area contributed by atoms with E-state index in [2.05, 4.69) is 40.0 Å². The van der Waals surface area contributed by atoms with Crippen molar-refractivity contribution in [3.05, 3.63) is 34.2 Å². The van der Waals surface area contributed by atoms with E-state index in [9.17, 15) is 0 Å². The maximum Gasteiger partial charge on any atom is 0.233 e. The first-order valence-corrected chi connectivity index (χ1v) is 6.68. The van der Waals surface area contributed by atoms with E-state index in [-0.39, 0.29) is 6.04 Å². The minimum Gasteiger partial charge on any atom is -0.424 e. The van der Waals surface area contributed by atoms with Crippen molar-refractivity contribution in [3.8, 4) is 0 Å². The molecule has 92 valence electrons. The van der Waals surface area contributed by atoms with Gasteiger partial charge in [0.25, 0.3) is 0 Å². The molecule has 0 saturated heterocycles. The van der Waals surface area contributed by atoms with Gasteiger partial charge in [0.05, 0.1) is 6.04 Å². The van der Waals surface area contributed by atoms with Crippen molar-refractivity contribution in [2.24, 2.45) is 0 Å². The van der Waals surface area contributed by atoms with Crippen molar-refractivity contribution in [2.75, 3.05) is 0 Å². The van der Waals surface area contributed by atoms with Gasteiger partial charge < -0.3 is 4.42 Å². The van der Waals surface area contributed by atoms with Gasteiger partial charge in [-0.25, -0.2) is 0 Å². The second-order valence-corrected chi connectivity index (χ2v) is 5.00. The molecule has 2 aromatic heterocycles. The Morgan fingerprint density at radius 1 is 1.47 bits per heavy atom. The summed E-state index contributed by atoms with van der Waals surface area (Å²) in [7, 11) is 0. The number of thiophene rings is 1. The Balaban J connectivity index is 2.04. The van der Waals surface area contributed by atoms with Crippen molar-refractivity contribution in [2.45, 2.75) is 39.3 Å². The minimum absolute atomic E-state index is 0.0725. The molecule has 4 nitrogen and oxygen atoms in total. The fourth-order valence-corrected chi connectivity index (χ4v) is 2.62. The first kappa shape index (κ1) is 12.3. The number of aromatic nitrogens is 2. The van der Waals surface area contributed by atoms with E-state index in [0.29, 0.717) is 17.8 Å². The lowest BCUT2D eigenvalue weighted by atomic mass is 10.1. The van der Waals surface area contributed by atoms with Crippen molar-refractivity contribution in [3.63, 3.8) is 0 Å². The van der Waals surface area contributed by atoms with Crippen LogP contribution < -0.4 is 5.32 Å². The smallest absolute Gasteiger partial charge is 0.233 e. The Morgan fingerprint density at radius 3 is 2.82 bits per heavy atom. The zero-order chi connectivity index (χ0) is 12.3. The normalized spacial score (nSPS) is 14.8. The van der Waals surface area contributed by atoms with Gasteiger partial charge in [-0.15, -0.1) is 21.5 Å². The molecule has 2 heterocycles. The van der Waals surface area contributed by atoms with E-state index in [4.69, 9.17) is 4.42 Å². The average molecular weight is 251 g/mol. The molecule has 5 heteroatoms. The largest absolute Gasteiger partial charge is 0.424 e. The zero-order valence-corrected chi connectivity index (χ0v) is 11.1. The SMILES string of the molecule is CC[C@@H](N[C@H](C)c1nnc(C)o1)c1cccs1. The van der Waals surface area contributed by atoms with E-state index in [1.54, 1.807) is 18.3 Å². The lowest BCUT2D eigenvalue weighted by molar-refractivity contribution is 0.369. The topological polar surface area (TPSA) is 51.0 Å². The number of nitrogens with one attached hydrogen (secondary N) is 1.